The first-order valence-corrected chi connectivity index (χ1v) is 7.70. The van der Waals surface area contributed by atoms with Gasteiger partial charge in [0.15, 0.2) is 0 Å². The fraction of sp³-hybridized carbons (Fsp3) is 0.222. The van der Waals surface area contributed by atoms with E-state index in [0.29, 0.717) is 11.3 Å². The Morgan fingerprint density at radius 1 is 1.08 bits per heavy atom. The quantitative estimate of drug-likeness (QED) is 0.751. The van der Waals surface area contributed by atoms with Crippen molar-refractivity contribution >= 4 is 17.6 Å². The predicted octanol–water partition coefficient (Wildman–Crippen LogP) is 2.74. The average molecular weight is 347 g/mol. The Hall–Kier alpha value is -2.96. The van der Waals surface area contributed by atoms with Gasteiger partial charge in [0.05, 0.1) is 5.92 Å². The minimum atomic E-state index is -0.648. The Kier molecular flexibility index (Phi) is 6.05. The molecule has 2 aromatic carbocycles. The molecule has 0 radical (unpaired) electrons. The number of anilines is 1. The molecule has 0 saturated carbocycles. The lowest BCUT2D eigenvalue weighted by Crippen LogP contribution is -2.39. The highest BCUT2D eigenvalue weighted by Crippen LogP contribution is 2.16. The number of amides is 3. The zero-order valence-corrected chi connectivity index (χ0v) is 13.7. The van der Waals surface area contributed by atoms with Crippen LogP contribution in [0.1, 0.15) is 11.1 Å². The van der Waals surface area contributed by atoms with Crippen molar-refractivity contribution in [1.29, 1.82) is 0 Å². The maximum absolute atomic E-state index is 13.2. The first kappa shape index (κ1) is 18.4. The summed E-state index contributed by atoms with van der Waals surface area (Å²) in [5.74, 6) is -2.06. The van der Waals surface area contributed by atoms with Gasteiger partial charge in [-0.2, -0.15) is 0 Å². The smallest absolute Gasteiger partial charge is 0.319 e. The molecule has 5 nitrogen and oxygen atoms in total. The second-order valence-electron chi connectivity index (χ2n) is 5.72. The monoisotopic (exact) mass is 347 g/mol. The maximum Gasteiger partial charge on any atom is 0.319 e. The number of aryl methyl sites for hydroxylation is 1. The van der Waals surface area contributed by atoms with Gasteiger partial charge in [-0.3, -0.25) is 4.79 Å². The number of nitrogens with two attached hydrogens (primary N) is 1. The molecule has 4 N–H and O–H groups in total. The molecule has 25 heavy (non-hydrogen) atoms. The van der Waals surface area contributed by atoms with Crippen LogP contribution >= 0.6 is 0 Å². The van der Waals surface area contributed by atoms with Crippen LogP contribution in [0, 0.1) is 24.5 Å². The van der Waals surface area contributed by atoms with Crippen LogP contribution in [0.3, 0.4) is 0 Å². The number of rotatable bonds is 6. The molecule has 2 aromatic rings. The van der Waals surface area contributed by atoms with Crippen molar-refractivity contribution in [3.8, 4) is 0 Å². The molecule has 0 saturated heterocycles. The fourth-order valence-electron chi connectivity index (χ4n) is 2.29. The van der Waals surface area contributed by atoms with Crippen molar-refractivity contribution in [2.24, 2.45) is 11.7 Å². The van der Waals surface area contributed by atoms with Gasteiger partial charge < -0.3 is 16.4 Å². The molecular weight excluding hydrogens is 328 g/mol. The average Bonchev–Trinajstić information content (AvgIpc) is 2.56. The van der Waals surface area contributed by atoms with E-state index in [1.165, 1.54) is 24.3 Å². The van der Waals surface area contributed by atoms with Gasteiger partial charge in [-0.1, -0.05) is 18.2 Å². The van der Waals surface area contributed by atoms with Crippen molar-refractivity contribution in [3.63, 3.8) is 0 Å². The number of hydrogen-bond donors (Lipinski definition) is 3. The van der Waals surface area contributed by atoms with E-state index in [4.69, 9.17) is 5.73 Å². The summed E-state index contributed by atoms with van der Waals surface area (Å²) in [6.07, 6.45) is 0.273. The van der Waals surface area contributed by atoms with Crippen LogP contribution in [0.4, 0.5) is 19.3 Å². The summed E-state index contributed by atoms with van der Waals surface area (Å²) in [4.78, 5) is 23.5. The molecule has 0 unspecified atom stereocenters. The first-order chi connectivity index (χ1) is 11.8. The van der Waals surface area contributed by atoms with E-state index in [9.17, 15) is 18.4 Å². The Labute approximate surface area is 144 Å². The summed E-state index contributed by atoms with van der Waals surface area (Å²) in [5, 5.41) is 5.07. The molecule has 2 rings (SSSR count). The lowest BCUT2D eigenvalue weighted by atomic mass is 9.98. The Morgan fingerprint density at radius 2 is 1.72 bits per heavy atom. The second kappa shape index (κ2) is 8.23. The van der Waals surface area contributed by atoms with Crippen LogP contribution in [0.5, 0.6) is 0 Å². The molecule has 0 aliphatic carbocycles. The largest absolute Gasteiger partial charge is 0.369 e. The molecule has 1 atom stereocenters. The predicted molar refractivity (Wildman–Crippen MR) is 90.9 cm³/mol. The van der Waals surface area contributed by atoms with Crippen molar-refractivity contribution < 1.29 is 18.4 Å². The van der Waals surface area contributed by atoms with Gasteiger partial charge in [-0.15, -0.1) is 0 Å². The highest BCUT2D eigenvalue weighted by Gasteiger charge is 2.17. The highest BCUT2D eigenvalue weighted by molar-refractivity contribution is 5.90. The Balaban J connectivity index is 1.93. The number of hydrogen-bond acceptors (Lipinski definition) is 2. The van der Waals surface area contributed by atoms with E-state index in [0.717, 1.165) is 5.56 Å². The number of primary amides is 1. The number of benzene rings is 2. The van der Waals surface area contributed by atoms with E-state index < -0.39 is 23.7 Å². The molecule has 132 valence electrons. The number of carbonyl (C=O) groups is 2. The summed E-state index contributed by atoms with van der Waals surface area (Å²) in [6, 6.07) is 9.18. The lowest BCUT2D eigenvalue weighted by Gasteiger charge is -2.15. The summed E-state index contributed by atoms with van der Waals surface area (Å²) in [6.45, 7) is 1.74. The van der Waals surface area contributed by atoms with E-state index in [1.807, 2.05) is 0 Å². The summed E-state index contributed by atoms with van der Waals surface area (Å²) < 4.78 is 26.1. The number of nitrogens with one attached hydrogen (secondary N) is 2. The molecule has 0 bridgehead atoms. The minimum absolute atomic E-state index is 0.00685. The second-order valence-corrected chi connectivity index (χ2v) is 5.72. The molecule has 0 spiro atoms. The van der Waals surface area contributed by atoms with Gasteiger partial charge >= 0.3 is 6.03 Å². The summed E-state index contributed by atoms with van der Waals surface area (Å²) in [5.41, 5.74) is 7.14. The molecular formula is C18H19F2N3O2. The van der Waals surface area contributed by atoms with Crippen LogP contribution in [0.15, 0.2) is 42.5 Å². The van der Waals surface area contributed by atoms with Crippen molar-refractivity contribution in [2.45, 2.75) is 13.3 Å². The third kappa shape index (κ3) is 5.56. The number of urea groups is 1. The first-order valence-electron chi connectivity index (χ1n) is 7.70. The molecule has 0 fully saturated rings. The molecule has 0 aliphatic heterocycles. The van der Waals surface area contributed by atoms with E-state index in [2.05, 4.69) is 10.6 Å². The molecule has 7 heteroatoms. The Morgan fingerprint density at radius 3 is 2.36 bits per heavy atom. The highest BCUT2D eigenvalue weighted by atomic mass is 19.1. The normalized spacial score (nSPS) is 11.6. The molecule has 0 aliphatic rings. The maximum atomic E-state index is 13.2. The van der Waals surface area contributed by atoms with E-state index >= 15 is 0 Å². The third-order valence-corrected chi connectivity index (χ3v) is 3.75. The standard InChI is InChI=1S/C18H19F2N3O2/c1-11-2-5-15(20)9-16(11)23-18(25)22-10-13(17(21)24)8-12-3-6-14(19)7-4-12/h2-7,9,13H,8,10H2,1H3,(H2,21,24)(H2,22,23,25)/t13-/m0/s1. The van der Waals surface area contributed by atoms with Crippen LogP contribution in [-0.2, 0) is 11.2 Å². The lowest BCUT2D eigenvalue weighted by molar-refractivity contribution is -0.121. The molecule has 3 amide bonds. The van der Waals surface area contributed by atoms with Gasteiger partial charge in [0.2, 0.25) is 5.91 Å². The van der Waals surface area contributed by atoms with E-state index in [-0.39, 0.29) is 18.8 Å². The summed E-state index contributed by atoms with van der Waals surface area (Å²) >= 11 is 0. The van der Waals surface area contributed by atoms with Gasteiger partial charge in [0.1, 0.15) is 11.6 Å². The van der Waals surface area contributed by atoms with Gasteiger partial charge in [-0.05, 0) is 48.7 Å². The van der Waals surface area contributed by atoms with Crippen LogP contribution in [-0.4, -0.2) is 18.5 Å². The zero-order chi connectivity index (χ0) is 18.4. The molecule has 0 heterocycles. The van der Waals surface area contributed by atoms with Crippen LogP contribution < -0.4 is 16.4 Å². The van der Waals surface area contributed by atoms with Crippen LogP contribution in [0.2, 0.25) is 0 Å². The fourth-order valence-corrected chi connectivity index (χ4v) is 2.29. The van der Waals surface area contributed by atoms with E-state index in [1.54, 1.807) is 25.1 Å². The van der Waals surface area contributed by atoms with Crippen molar-refractivity contribution in [2.75, 3.05) is 11.9 Å². The van der Waals surface area contributed by atoms with Crippen molar-refractivity contribution in [3.05, 3.63) is 65.2 Å². The topological polar surface area (TPSA) is 84.2 Å². The van der Waals surface area contributed by atoms with Gasteiger partial charge in [-0.25, -0.2) is 13.6 Å². The summed E-state index contributed by atoms with van der Waals surface area (Å²) in [7, 11) is 0. The SMILES string of the molecule is Cc1ccc(F)cc1NC(=O)NC[C@H](Cc1ccc(F)cc1)C(N)=O. The van der Waals surface area contributed by atoms with Gasteiger partial charge in [0.25, 0.3) is 0 Å². The van der Waals surface area contributed by atoms with Gasteiger partial charge in [0, 0.05) is 12.2 Å². The zero-order valence-electron chi connectivity index (χ0n) is 13.7. The third-order valence-electron chi connectivity index (χ3n) is 3.75. The minimum Gasteiger partial charge on any atom is -0.369 e. The van der Waals surface area contributed by atoms with Crippen LogP contribution in [0.25, 0.3) is 0 Å². The number of halogens is 2. The molecule has 0 aromatic heterocycles. The Bertz CT molecular complexity index is 763. The van der Waals surface area contributed by atoms with Crippen molar-refractivity contribution in [1.82, 2.24) is 5.32 Å². The number of carbonyl (C=O) groups excluding carboxylic acids is 2.